The number of benzene rings is 4. The van der Waals surface area contributed by atoms with Crippen LogP contribution in [-0.4, -0.2) is 0 Å². The largest absolute Gasteiger partial charge is 0.399 e. The molecule has 0 spiro atoms. The first kappa shape index (κ1) is 48.1. The lowest BCUT2D eigenvalue weighted by Crippen LogP contribution is -2.07. The molecule has 2 nitrogen and oxygen atoms in total. The third-order valence-corrected chi connectivity index (χ3v) is 13.4. The number of nitrogens with two attached hydrogens (primary N) is 2. The molecule has 0 aromatic heterocycles. The maximum atomic E-state index is 6.25. The van der Waals surface area contributed by atoms with Gasteiger partial charge in [-0.2, -0.15) is 0 Å². The smallest absolute Gasteiger partial charge is 0.0316 e. The highest BCUT2D eigenvalue weighted by Gasteiger charge is 2.21. The Morgan fingerprint density at radius 1 is 0.322 bits per heavy atom. The molecule has 0 bridgehead atoms. The number of hydrogen-bond donors (Lipinski definition) is 2. The van der Waals surface area contributed by atoms with Crippen molar-refractivity contribution in [3.63, 3.8) is 0 Å². The lowest BCUT2D eigenvalue weighted by atomic mass is 9.80. The van der Waals surface area contributed by atoms with E-state index in [0.717, 1.165) is 11.4 Å². The molecule has 0 heterocycles. The zero-order chi connectivity index (χ0) is 42.1. The molecule has 4 rings (SSSR count). The van der Waals surface area contributed by atoms with E-state index in [0.29, 0.717) is 17.8 Å². The molecule has 0 saturated carbocycles. The Morgan fingerprint density at radius 3 is 0.864 bits per heavy atom. The molecule has 4 aromatic carbocycles. The van der Waals surface area contributed by atoms with Crippen LogP contribution in [-0.2, 0) is 0 Å². The lowest BCUT2D eigenvalue weighted by molar-refractivity contribution is 0.550. The Hall–Kier alpha value is -3.52. The minimum atomic E-state index is 0.399. The van der Waals surface area contributed by atoms with Crippen molar-refractivity contribution in [3.05, 3.63) is 129 Å². The van der Waals surface area contributed by atoms with Gasteiger partial charge in [0.2, 0.25) is 0 Å². The quantitative estimate of drug-likeness (QED) is 0.0394. The van der Waals surface area contributed by atoms with Crippen molar-refractivity contribution < 1.29 is 0 Å². The summed E-state index contributed by atoms with van der Waals surface area (Å²) in [6, 6.07) is 32.9. The predicted octanol–water partition coefficient (Wildman–Crippen LogP) is 17.7. The fraction of sp³-hybridized carbons (Fsp3) is 0.579. The van der Waals surface area contributed by atoms with Crippen LogP contribution in [0.2, 0.25) is 0 Å². The molecular formula is C57H86N2. The SMILES string of the molecule is CCCCCCCCCCC(c1ccc(C(CCCCCCCCC)c2ccc(N)cc2C)cc1)c1ccc(C(CCCCCCCCC)c2ccc(N)cc2C)cc1. The van der Waals surface area contributed by atoms with Gasteiger partial charge in [-0.25, -0.2) is 0 Å². The van der Waals surface area contributed by atoms with Gasteiger partial charge in [-0.05, 0) is 102 Å². The van der Waals surface area contributed by atoms with Crippen molar-refractivity contribution >= 4 is 11.4 Å². The van der Waals surface area contributed by atoms with Crippen LogP contribution >= 0.6 is 0 Å². The second-order valence-electron chi connectivity index (χ2n) is 18.3. The van der Waals surface area contributed by atoms with Crippen LogP contribution in [0.25, 0.3) is 0 Å². The van der Waals surface area contributed by atoms with E-state index < -0.39 is 0 Å². The molecule has 0 radical (unpaired) electrons. The highest BCUT2D eigenvalue weighted by Crippen LogP contribution is 2.38. The van der Waals surface area contributed by atoms with Crippen LogP contribution in [0, 0.1) is 13.8 Å². The molecule has 0 aliphatic rings. The van der Waals surface area contributed by atoms with E-state index in [2.05, 4.69) is 120 Å². The van der Waals surface area contributed by atoms with Crippen LogP contribution in [0.3, 0.4) is 0 Å². The molecule has 324 valence electrons. The second-order valence-corrected chi connectivity index (χ2v) is 18.3. The van der Waals surface area contributed by atoms with Gasteiger partial charge in [0.15, 0.2) is 0 Å². The number of rotatable bonds is 31. The topological polar surface area (TPSA) is 52.0 Å². The Labute approximate surface area is 363 Å². The van der Waals surface area contributed by atoms with E-state index in [1.54, 1.807) is 0 Å². The fourth-order valence-electron chi connectivity index (χ4n) is 9.72. The van der Waals surface area contributed by atoms with Gasteiger partial charge in [0.05, 0.1) is 0 Å². The van der Waals surface area contributed by atoms with Gasteiger partial charge in [0, 0.05) is 29.1 Å². The summed E-state index contributed by atoms with van der Waals surface area (Å²) in [6.07, 6.45) is 33.1. The molecule has 0 amide bonds. The third kappa shape index (κ3) is 16.8. The van der Waals surface area contributed by atoms with Gasteiger partial charge in [-0.1, -0.05) is 223 Å². The molecule has 59 heavy (non-hydrogen) atoms. The van der Waals surface area contributed by atoms with E-state index in [-0.39, 0.29) is 0 Å². The van der Waals surface area contributed by atoms with Gasteiger partial charge >= 0.3 is 0 Å². The molecule has 0 aliphatic carbocycles. The maximum Gasteiger partial charge on any atom is 0.0316 e. The van der Waals surface area contributed by atoms with Crippen molar-refractivity contribution in [1.82, 2.24) is 0 Å². The van der Waals surface area contributed by atoms with Gasteiger partial charge in [-0.15, -0.1) is 0 Å². The highest BCUT2D eigenvalue weighted by atomic mass is 14.5. The third-order valence-electron chi connectivity index (χ3n) is 13.4. The fourth-order valence-corrected chi connectivity index (χ4v) is 9.72. The molecule has 4 N–H and O–H groups in total. The molecule has 4 aromatic rings. The summed E-state index contributed by atoms with van der Waals surface area (Å²) in [6.45, 7) is 11.4. The van der Waals surface area contributed by atoms with Crippen LogP contribution in [0.4, 0.5) is 11.4 Å². The molecular weight excluding hydrogens is 713 g/mol. The molecule has 2 atom stereocenters. The van der Waals surface area contributed by atoms with E-state index in [9.17, 15) is 0 Å². The summed E-state index contributed by atoms with van der Waals surface area (Å²) in [5.41, 5.74) is 25.5. The number of aryl methyl sites for hydroxylation is 2. The first-order valence-electron chi connectivity index (χ1n) is 24.8. The van der Waals surface area contributed by atoms with Crippen molar-refractivity contribution in [3.8, 4) is 0 Å². The van der Waals surface area contributed by atoms with E-state index in [1.165, 1.54) is 205 Å². The Morgan fingerprint density at radius 2 is 0.576 bits per heavy atom. The first-order valence-corrected chi connectivity index (χ1v) is 24.8. The molecule has 2 heteroatoms. The van der Waals surface area contributed by atoms with Crippen molar-refractivity contribution in [2.45, 2.75) is 213 Å². The Kier molecular flexibility index (Phi) is 22.9. The highest BCUT2D eigenvalue weighted by molar-refractivity contribution is 5.50. The van der Waals surface area contributed by atoms with E-state index >= 15 is 0 Å². The summed E-state index contributed by atoms with van der Waals surface area (Å²) in [5, 5.41) is 0. The van der Waals surface area contributed by atoms with Gasteiger partial charge < -0.3 is 11.5 Å². The van der Waals surface area contributed by atoms with Gasteiger partial charge in [0.25, 0.3) is 0 Å². The summed E-state index contributed by atoms with van der Waals surface area (Å²) in [7, 11) is 0. The van der Waals surface area contributed by atoms with Crippen molar-refractivity contribution in [2.24, 2.45) is 0 Å². The van der Waals surface area contributed by atoms with Gasteiger partial charge in [0.1, 0.15) is 0 Å². The van der Waals surface area contributed by atoms with Crippen molar-refractivity contribution in [1.29, 1.82) is 0 Å². The zero-order valence-corrected chi connectivity index (χ0v) is 38.6. The molecule has 0 aliphatic heterocycles. The van der Waals surface area contributed by atoms with E-state index in [1.807, 2.05) is 0 Å². The minimum Gasteiger partial charge on any atom is -0.399 e. The Balaban J connectivity index is 1.56. The standard InChI is InChI=1S/C57H86N2/c1-6-9-12-15-18-21-22-25-28-55(47-31-35-49(36-32-47)56(29-26-23-19-16-13-10-7-2)53-41-39-51(58)43-45(53)4)48-33-37-50(38-34-48)57(30-27-24-20-17-14-11-8-3)54-42-40-52(59)44-46(54)5/h31-44,55-57H,6-30,58-59H2,1-5H3. The first-order chi connectivity index (χ1) is 28.9. The summed E-state index contributed by atoms with van der Waals surface area (Å²) in [4.78, 5) is 0. The normalized spacial score (nSPS) is 13.1. The second kappa shape index (κ2) is 28.1. The van der Waals surface area contributed by atoms with Crippen LogP contribution in [0.5, 0.6) is 0 Å². The maximum absolute atomic E-state index is 6.25. The summed E-state index contributed by atoms with van der Waals surface area (Å²) >= 11 is 0. The lowest BCUT2D eigenvalue weighted by Gasteiger charge is -2.24. The van der Waals surface area contributed by atoms with Crippen LogP contribution in [0.1, 0.15) is 244 Å². The average molecular weight is 799 g/mol. The van der Waals surface area contributed by atoms with E-state index in [4.69, 9.17) is 11.5 Å². The predicted molar refractivity (Wildman–Crippen MR) is 262 cm³/mol. The monoisotopic (exact) mass is 799 g/mol. The Bertz CT molecular complexity index is 1570. The minimum absolute atomic E-state index is 0.399. The number of anilines is 2. The van der Waals surface area contributed by atoms with Crippen LogP contribution < -0.4 is 11.5 Å². The number of unbranched alkanes of at least 4 members (excludes halogenated alkanes) is 19. The summed E-state index contributed by atoms with van der Waals surface area (Å²) < 4.78 is 0. The van der Waals surface area contributed by atoms with Crippen LogP contribution in [0.15, 0.2) is 84.9 Å². The molecule has 0 fully saturated rings. The summed E-state index contributed by atoms with van der Waals surface area (Å²) in [5.74, 6) is 1.20. The van der Waals surface area contributed by atoms with Crippen molar-refractivity contribution in [2.75, 3.05) is 11.5 Å². The average Bonchev–Trinajstić information content (AvgIpc) is 3.23. The number of nitrogen functional groups attached to an aromatic ring is 2. The molecule has 0 saturated heterocycles. The van der Waals surface area contributed by atoms with Gasteiger partial charge in [-0.3, -0.25) is 0 Å². The number of hydrogen-bond acceptors (Lipinski definition) is 2. The molecule has 2 unspecified atom stereocenters. The zero-order valence-electron chi connectivity index (χ0n) is 38.6.